The molecule has 5 heteroatoms. The van der Waals surface area contributed by atoms with E-state index in [4.69, 9.17) is 9.31 Å². The number of nitriles is 1. The first kappa shape index (κ1) is 15.3. The van der Waals surface area contributed by atoms with E-state index in [9.17, 15) is 5.26 Å². The topological polar surface area (TPSA) is 42.2 Å². The first-order valence-corrected chi connectivity index (χ1v) is 8.20. The van der Waals surface area contributed by atoms with Gasteiger partial charge in [-0.3, -0.25) is 0 Å². The van der Waals surface area contributed by atoms with Gasteiger partial charge in [0.1, 0.15) is 6.07 Å². The summed E-state index contributed by atoms with van der Waals surface area (Å²) >= 11 is 1.60. The minimum absolute atomic E-state index is 0.369. The van der Waals surface area contributed by atoms with Crippen LogP contribution in [-0.2, 0) is 15.7 Å². The fraction of sp³-hybridized carbons (Fsp3) is 0.353. The predicted molar refractivity (Wildman–Crippen MR) is 89.2 cm³/mol. The number of rotatable bonds is 3. The van der Waals surface area contributed by atoms with Crippen molar-refractivity contribution in [2.45, 2.75) is 38.4 Å². The molecule has 0 saturated carbocycles. The van der Waals surface area contributed by atoms with E-state index in [1.165, 1.54) is 0 Å². The molecule has 0 aliphatic carbocycles. The molecule has 1 saturated heterocycles. The van der Waals surface area contributed by atoms with E-state index >= 15 is 0 Å². The summed E-state index contributed by atoms with van der Waals surface area (Å²) in [6.07, 6.45) is 0.671. The van der Waals surface area contributed by atoms with Gasteiger partial charge in [-0.2, -0.15) is 5.26 Å². The van der Waals surface area contributed by atoms with Gasteiger partial charge in [0.2, 0.25) is 0 Å². The van der Waals surface area contributed by atoms with E-state index in [2.05, 4.69) is 26.8 Å². The monoisotopic (exact) mass is 311 g/mol. The van der Waals surface area contributed by atoms with Crippen molar-refractivity contribution in [2.24, 2.45) is 0 Å². The Balaban J connectivity index is 1.88. The van der Waals surface area contributed by atoms with E-state index in [0.717, 1.165) is 15.9 Å². The lowest BCUT2D eigenvalue weighted by molar-refractivity contribution is -0.00823. The average Bonchev–Trinajstić information content (AvgIpc) is 3.02. The molecule has 0 radical (unpaired) electrons. The summed E-state index contributed by atoms with van der Waals surface area (Å²) in [7, 11) is -0.369. The molecule has 1 aliphatic heterocycles. The molecule has 1 aliphatic rings. The fourth-order valence-electron chi connectivity index (χ4n) is 2.68. The summed E-state index contributed by atoms with van der Waals surface area (Å²) in [4.78, 5) is 1.05. The molecule has 22 heavy (non-hydrogen) atoms. The van der Waals surface area contributed by atoms with E-state index in [0.29, 0.717) is 6.42 Å². The van der Waals surface area contributed by atoms with E-state index in [1.54, 1.807) is 11.3 Å². The second-order valence-electron chi connectivity index (χ2n) is 6.27. The SMILES string of the molecule is CC1(C)OB(c2ccccc2)OC1(C)Cc1sccc1C#N. The Kier molecular flexibility index (Phi) is 3.86. The van der Waals surface area contributed by atoms with Crippen LogP contribution in [0.25, 0.3) is 0 Å². The molecule has 0 bridgehead atoms. The smallest absolute Gasteiger partial charge is 0.399 e. The van der Waals surface area contributed by atoms with Crippen LogP contribution in [-0.4, -0.2) is 18.3 Å². The lowest BCUT2D eigenvalue weighted by Gasteiger charge is -2.36. The Hall–Kier alpha value is -1.61. The second kappa shape index (κ2) is 5.55. The normalized spacial score (nSPS) is 23.5. The number of nitrogens with zero attached hydrogens (tertiary/aromatic N) is 1. The Labute approximate surface area is 135 Å². The maximum Gasteiger partial charge on any atom is 0.494 e. The van der Waals surface area contributed by atoms with Crippen LogP contribution in [0.5, 0.6) is 0 Å². The summed E-state index contributed by atoms with van der Waals surface area (Å²) in [5, 5.41) is 11.2. The molecule has 1 fully saturated rings. The Morgan fingerprint density at radius 1 is 1.14 bits per heavy atom. The standard InChI is InChI=1S/C17H18BNO2S/c1-16(2)17(3,11-15-13(12-19)9-10-22-15)21-18(20-16)14-7-5-4-6-8-14/h4-10H,11H2,1-3H3. The Morgan fingerprint density at radius 3 is 2.55 bits per heavy atom. The van der Waals surface area contributed by atoms with E-state index < -0.39 is 11.2 Å². The van der Waals surface area contributed by atoms with Crippen LogP contribution >= 0.6 is 11.3 Å². The van der Waals surface area contributed by atoms with Crippen molar-refractivity contribution in [3.63, 3.8) is 0 Å². The molecule has 0 spiro atoms. The molecular weight excluding hydrogens is 293 g/mol. The van der Waals surface area contributed by atoms with Gasteiger partial charge in [-0.25, -0.2) is 0 Å². The molecule has 3 rings (SSSR count). The third-order valence-electron chi connectivity index (χ3n) is 4.48. The van der Waals surface area contributed by atoms with Crippen molar-refractivity contribution in [3.05, 3.63) is 52.2 Å². The van der Waals surface area contributed by atoms with Crippen LogP contribution in [0, 0.1) is 11.3 Å². The van der Waals surface area contributed by atoms with Crippen LogP contribution in [0.4, 0.5) is 0 Å². The number of thiophene rings is 1. The molecule has 2 heterocycles. The first-order chi connectivity index (χ1) is 10.5. The lowest BCUT2D eigenvalue weighted by Crippen LogP contribution is -2.46. The van der Waals surface area contributed by atoms with Gasteiger partial charge in [-0.05, 0) is 37.7 Å². The fourth-order valence-corrected chi connectivity index (χ4v) is 3.65. The van der Waals surface area contributed by atoms with Gasteiger partial charge in [-0.1, -0.05) is 30.3 Å². The molecule has 1 aromatic heterocycles. The van der Waals surface area contributed by atoms with Gasteiger partial charge in [0.05, 0.1) is 16.8 Å². The number of benzene rings is 1. The van der Waals surface area contributed by atoms with E-state index in [1.807, 2.05) is 41.8 Å². The highest BCUT2D eigenvalue weighted by Crippen LogP contribution is 2.40. The van der Waals surface area contributed by atoms with Crippen molar-refractivity contribution in [1.82, 2.24) is 0 Å². The van der Waals surface area contributed by atoms with Crippen LogP contribution in [0.1, 0.15) is 31.2 Å². The Morgan fingerprint density at radius 2 is 1.86 bits per heavy atom. The third-order valence-corrected chi connectivity index (χ3v) is 5.40. The van der Waals surface area contributed by atoms with Crippen molar-refractivity contribution in [2.75, 3.05) is 0 Å². The zero-order chi connectivity index (χ0) is 15.8. The highest BCUT2D eigenvalue weighted by Gasteiger charge is 2.54. The molecular formula is C17H18BNO2S. The van der Waals surface area contributed by atoms with Crippen LogP contribution in [0.2, 0.25) is 0 Å². The molecule has 0 N–H and O–H groups in total. The average molecular weight is 311 g/mol. The maximum absolute atomic E-state index is 9.21. The molecule has 1 atom stereocenters. The minimum Gasteiger partial charge on any atom is -0.399 e. The molecule has 3 nitrogen and oxygen atoms in total. The van der Waals surface area contributed by atoms with Crippen molar-refractivity contribution in [3.8, 4) is 6.07 Å². The largest absolute Gasteiger partial charge is 0.494 e. The molecule has 1 unspecified atom stereocenters. The second-order valence-corrected chi connectivity index (χ2v) is 7.27. The van der Waals surface area contributed by atoms with Crippen LogP contribution < -0.4 is 5.46 Å². The highest BCUT2D eigenvalue weighted by atomic mass is 32.1. The van der Waals surface area contributed by atoms with Crippen molar-refractivity contribution >= 4 is 23.9 Å². The molecule has 1 aromatic carbocycles. The van der Waals surface area contributed by atoms with E-state index in [-0.39, 0.29) is 7.12 Å². The van der Waals surface area contributed by atoms with Crippen LogP contribution in [0.15, 0.2) is 41.8 Å². The molecule has 0 amide bonds. The maximum atomic E-state index is 9.21. The molecule has 112 valence electrons. The zero-order valence-corrected chi connectivity index (χ0v) is 13.8. The van der Waals surface area contributed by atoms with Gasteiger partial charge >= 0.3 is 7.12 Å². The minimum atomic E-state index is -0.482. The highest BCUT2D eigenvalue weighted by molar-refractivity contribution is 7.10. The van der Waals surface area contributed by atoms with Gasteiger partial charge in [0.25, 0.3) is 0 Å². The van der Waals surface area contributed by atoms with Gasteiger partial charge in [0, 0.05) is 11.3 Å². The van der Waals surface area contributed by atoms with Crippen LogP contribution in [0.3, 0.4) is 0 Å². The summed E-state index contributed by atoms with van der Waals surface area (Å²) in [6, 6.07) is 14.1. The van der Waals surface area contributed by atoms with Crippen molar-refractivity contribution in [1.29, 1.82) is 5.26 Å². The van der Waals surface area contributed by atoms with Gasteiger partial charge in [0.15, 0.2) is 0 Å². The zero-order valence-electron chi connectivity index (χ0n) is 13.0. The lowest BCUT2D eigenvalue weighted by atomic mass is 9.79. The third kappa shape index (κ3) is 2.59. The first-order valence-electron chi connectivity index (χ1n) is 7.32. The molecule has 2 aromatic rings. The summed E-state index contributed by atoms with van der Waals surface area (Å²) in [5.74, 6) is 0. The number of hydrogen-bond acceptors (Lipinski definition) is 4. The van der Waals surface area contributed by atoms with Crippen molar-refractivity contribution < 1.29 is 9.31 Å². The quantitative estimate of drug-likeness (QED) is 0.818. The van der Waals surface area contributed by atoms with Gasteiger partial charge in [-0.15, -0.1) is 11.3 Å². The Bertz CT molecular complexity index is 707. The summed E-state index contributed by atoms with van der Waals surface area (Å²) in [6.45, 7) is 6.17. The summed E-state index contributed by atoms with van der Waals surface area (Å²) < 4.78 is 12.5. The summed E-state index contributed by atoms with van der Waals surface area (Å²) in [5.41, 5.74) is 0.827. The number of hydrogen-bond donors (Lipinski definition) is 0. The predicted octanol–water partition coefficient (Wildman–Crippen LogP) is 3.14. The van der Waals surface area contributed by atoms with Gasteiger partial charge < -0.3 is 9.31 Å².